The summed E-state index contributed by atoms with van der Waals surface area (Å²) >= 11 is 0. The first kappa shape index (κ1) is 14.6. The number of nitrogens with zero attached hydrogens (tertiary/aromatic N) is 1. The molecule has 6 nitrogen and oxygen atoms in total. The molecule has 2 N–H and O–H groups in total. The van der Waals surface area contributed by atoms with Crippen LogP contribution in [-0.4, -0.2) is 25.1 Å². The summed E-state index contributed by atoms with van der Waals surface area (Å²) in [6.45, 7) is 1.38. The predicted molar refractivity (Wildman–Crippen MR) is 66.5 cm³/mol. The van der Waals surface area contributed by atoms with Crippen LogP contribution in [0.15, 0.2) is 24.3 Å². The highest BCUT2D eigenvalue weighted by Gasteiger charge is 2.21. The van der Waals surface area contributed by atoms with Crippen LogP contribution >= 0.6 is 0 Å². The number of rotatable bonds is 5. The first-order valence-corrected chi connectivity index (χ1v) is 7.12. The Balaban J connectivity index is 3.00. The molecule has 100 valence electrons. The minimum Gasteiger partial charge on any atom is -0.353 e. The smallest absolute Gasteiger partial charge is 0.323 e. The van der Waals surface area contributed by atoms with Crippen molar-refractivity contribution in [1.29, 1.82) is 0 Å². The number of carbonyl (C=O) groups is 1. The molecule has 0 aliphatic carbocycles. The maximum absolute atomic E-state index is 11.5. The van der Waals surface area contributed by atoms with Crippen LogP contribution in [0.2, 0.25) is 0 Å². The standard InChI is InChI=1S/C11H16N2O4S/c1-9(14)17-13(18(2,15)16)8-11-6-4-3-5-10(11)7-12/h3-6H,7-8,12H2,1-2H3. The van der Waals surface area contributed by atoms with Crippen LogP contribution in [0.25, 0.3) is 0 Å². The molecule has 1 aromatic rings. The minimum atomic E-state index is -3.63. The molecule has 0 amide bonds. The molecule has 0 saturated carbocycles. The van der Waals surface area contributed by atoms with E-state index in [-0.39, 0.29) is 13.1 Å². The van der Waals surface area contributed by atoms with Gasteiger partial charge in [0.1, 0.15) is 0 Å². The lowest BCUT2D eigenvalue weighted by Crippen LogP contribution is -2.32. The summed E-state index contributed by atoms with van der Waals surface area (Å²) in [5.41, 5.74) is 7.07. The Labute approximate surface area is 106 Å². The van der Waals surface area contributed by atoms with Gasteiger partial charge in [0.25, 0.3) is 0 Å². The second kappa shape index (κ2) is 5.94. The van der Waals surface area contributed by atoms with Crippen LogP contribution in [0, 0.1) is 0 Å². The number of hydroxylamine groups is 1. The van der Waals surface area contributed by atoms with Crippen molar-refractivity contribution in [3.05, 3.63) is 35.4 Å². The summed E-state index contributed by atoms with van der Waals surface area (Å²) in [6, 6.07) is 7.11. The van der Waals surface area contributed by atoms with Crippen molar-refractivity contribution in [2.75, 3.05) is 6.26 Å². The van der Waals surface area contributed by atoms with Crippen molar-refractivity contribution >= 4 is 16.0 Å². The van der Waals surface area contributed by atoms with E-state index in [4.69, 9.17) is 5.73 Å². The van der Waals surface area contributed by atoms with Gasteiger partial charge in [0.15, 0.2) is 0 Å². The van der Waals surface area contributed by atoms with E-state index in [1.165, 1.54) is 0 Å². The molecule has 0 fully saturated rings. The summed E-state index contributed by atoms with van der Waals surface area (Å²) < 4.78 is 23.6. The largest absolute Gasteiger partial charge is 0.353 e. The van der Waals surface area contributed by atoms with Crippen molar-refractivity contribution in [2.24, 2.45) is 5.73 Å². The highest BCUT2D eigenvalue weighted by Crippen LogP contribution is 2.13. The molecule has 0 unspecified atom stereocenters. The van der Waals surface area contributed by atoms with Crippen LogP contribution < -0.4 is 5.73 Å². The van der Waals surface area contributed by atoms with Gasteiger partial charge in [0.05, 0.1) is 12.8 Å². The quantitative estimate of drug-likeness (QED) is 0.783. The fraction of sp³-hybridized carbons (Fsp3) is 0.364. The Bertz CT molecular complexity index is 528. The molecule has 0 saturated heterocycles. The molecule has 0 heterocycles. The summed E-state index contributed by atoms with van der Waals surface area (Å²) in [5, 5.41) is 0. The van der Waals surface area contributed by atoms with Crippen LogP contribution in [0.3, 0.4) is 0 Å². The van der Waals surface area contributed by atoms with Crippen LogP contribution in [0.1, 0.15) is 18.1 Å². The topological polar surface area (TPSA) is 89.7 Å². The molecular weight excluding hydrogens is 256 g/mol. The van der Waals surface area contributed by atoms with Crippen LogP contribution in [-0.2, 0) is 32.7 Å². The van der Waals surface area contributed by atoms with Gasteiger partial charge in [0, 0.05) is 13.5 Å². The first-order chi connectivity index (χ1) is 8.34. The summed E-state index contributed by atoms with van der Waals surface area (Å²) in [5.74, 6) is -0.689. The third kappa shape index (κ3) is 4.10. The Hall–Kier alpha value is -1.44. The zero-order valence-corrected chi connectivity index (χ0v) is 11.1. The molecule has 0 aliphatic rings. The molecule has 0 radical (unpaired) electrons. The molecule has 0 aromatic heterocycles. The molecular formula is C11H16N2O4S. The van der Waals surface area contributed by atoms with Crippen LogP contribution in [0.5, 0.6) is 0 Å². The highest BCUT2D eigenvalue weighted by atomic mass is 32.2. The molecule has 7 heteroatoms. The van der Waals surface area contributed by atoms with E-state index in [0.29, 0.717) is 10.0 Å². The van der Waals surface area contributed by atoms with Crippen molar-refractivity contribution in [1.82, 2.24) is 4.47 Å². The molecule has 0 spiro atoms. The summed E-state index contributed by atoms with van der Waals surface area (Å²) in [7, 11) is -3.63. The molecule has 18 heavy (non-hydrogen) atoms. The van der Waals surface area contributed by atoms with Gasteiger partial charge in [-0.1, -0.05) is 24.3 Å². The third-order valence-electron chi connectivity index (χ3n) is 2.24. The van der Waals surface area contributed by atoms with Crippen molar-refractivity contribution in [2.45, 2.75) is 20.0 Å². The van der Waals surface area contributed by atoms with Gasteiger partial charge < -0.3 is 10.6 Å². The van der Waals surface area contributed by atoms with E-state index in [9.17, 15) is 13.2 Å². The fourth-order valence-electron chi connectivity index (χ4n) is 1.41. The monoisotopic (exact) mass is 272 g/mol. The summed E-state index contributed by atoms with van der Waals surface area (Å²) in [6.07, 6.45) is 0.973. The van der Waals surface area contributed by atoms with Gasteiger partial charge in [0.2, 0.25) is 10.0 Å². The maximum Gasteiger partial charge on any atom is 0.323 e. The van der Waals surface area contributed by atoms with Gasteiger partial charge in [-0.2, -0.15) is 0 Å². The van der Waals surface area contributed by atoms with Crippen molar-refractivity contribution < 1.29 is 18.0 Å². The lowest BCUT2D eigenvalue weighted by molar-refractivity contribution is -0.167. The first-order valence-electron chi connectivity index (χ1n) is 5.27. The van der Waals surface area contributed by atoms with Gasteiger partial charge in [-0.15, -0.1) is 0 Å². The van der Waals surface area contributed by atoms with Crippen molar-refractivity contribution in [3.63, 3.8) is 0 Å². The second-order valence-electron chi connectivity index (χ2n) is 3.78. The highest BCUT2D eigenvalue weighted by molar-refractivity contribution is 7.88. The van der Waals surface area contributed by atoms with E-state index in [1.807, 2.05) is 6.07 Å². The van der Waals surface area contributed by atoms with Gasteiger partial charge in [-0.05, 0) is 15.6 Å². The van der Waals surface area contributed by atoms with Gasteiger partial charge in [-0.25, -0.2) is 8.42 Å². The van der Waals surface area contributed by atoms with Gasteiger partial charge >= 0.3 is 5.97 Å². The Kier molecular flexibility index (Phi) is 4.83. The Morgan fingerprint density at radius 3 is 2.33 bits per heavy atom. The third-order valence-corrected chi connectivity index (χ3v) is 3.18. The number of sulfonamides is 1. The molecule has 1 rings (SSSR count). The summed E-state index contributed by atoms with van der Waals surface area (Å²) in [4.78, 5) is 15.6. The SMILES string of the molecule is CC(=O)ON(Cc1ccccc1CN)S(C)(=O)=O. The van der Waals surface area contributed by atoms with Gasteiger partial charge in [-0.3, -0.25) is 4.79 Å². The molecule has 0 atom stereocenters. The zero-order valence-electron chi connectivity index (χ0n) is 10.3. The van der Waals surface area contributed by atoms with Crippen LogP contribution in [0.4, 0.5) is 0 Å². The van der Waals surface area contributed by atoms with E-state index >= 15 is 0 Å². The normalized spacial score (nSPS) is 11.6. The molecule has 0 bridgehead atoms. The average molecular weight is 272 g/mol. The number of hydrogen-bond acceptors (Lipinski definition) is 5. The number of carbonyl (C=O) groups excluding carboxylic acids is 1. The molecule has 0 aliphatic heterocycles. The number of hydrogen-bond donors (Lipinski definition) is 1. The average Bonchev–Trinajstić information content (AvgIpc) is 2.27. The second-order valence-corrected chi connectivity index (χ2v) is 5.65. The van der Waals surface area contributed by atoms with Crippen molar-refractivity contribution in [3.8, 4) is 0 Å². The van der Waals surface area contributed by atoms with E-state index < -0.39 is 16.0 Å². The predicted octanol–water partition coefficient (Wildman–Crippen LogP) is 0.385. The zero-order chi connectivity index (χ0) is 13.8. The minimum absolute atomic E-state index is 0.0498. The van der Waals surface area contributed by atoms with E-state index in [2.05, 4.69) is 4.84 Å². The number of benzene rings is 1. The van der Waals surface area contributed by atoms with E-state index in [1.54, 1.807) is 18.2 Å². The lowest BCUT2D eigenvalue weighted by Gasteiger charge is -2.19. The Morgan fingerprint density at radius 1 is 1.33 bits per heavy atom. The lowest BCUT2D eigenvalue weighted by atomic mass is 10.1. The maximum atomic E-state index is 11.5. The number of nitrogens with two attached hydrogens (primary N) is 1. The molecule has 1 aromatic carbocycles. The Morgan fingerprint density at radius 2 is 1.89 bits per heavy atom. The fourth-order valence-corrected chi connectivity index (χ4v) is 2.02. The van der Waals surface area contributed by atoms with E-state index in [0.717, 1.165) is 18.7 Å².